The third-order valence-corrected chi connectivity index (χ3v) is 4.78. The summed E-state index contributed by atoms with van der Waals surface area (Å²) in [5.41, 5.74) is 1.06. The number of nitrogens with zero attached hydrogens (tertiary/aromatic N) is 1. The van der Waals surface area contributed by atoms with Gasteiger partial charge >= 0.3 is 0 Å². The zero-order valence-electron chi connectivity index (χ0n) is 10.2. The molecule has 0 saturated carbocycles. The van der Waals surface area contributed by atoms with Gasteiger partial charge in [-0.05, 0) is 31.2 Å². The van der Waals surface area contributed by atoms with Gasteiger partial charge in [-0.3, -0.25) is 0 Å². The number of halogens is 1. The molecule has 0 atom stereocenters. The predicted octanol–water partition coefficient (Wildman–Crippen LogP) is 2.70. The maximum Gasteiger partial charge on any atom is 0.178 e. The van der Waals surface area contributed by atoms with Crippen LogP contribution < -0.4 is 4.90 Å². The minimum atomic E-state index is -3.09. The minimum Gasteiger partial charge on any atom is -0.371 e. The van der Waals surface area contributed by atoms with Crippen molar-refractivity contribution in [3.63, 3.8) is 0 Å². The van der Waals surface area contributed by atoms with E-state index >= 15 is 0 Å². The molecule has 0 aliphatic heterocycles. The third-order valence-electron chi connectivity index (χ3n) is 2.68. The lowest BCUT2D eigenvalue weighted by Gasteiger charge is -2.22. The van der Waals surface area contributed by atoms with Crippen LogP contribution in [0.5, 0.6) is 0 Å². The van der Waals surface area contributed by atoms with Crippen molar-refractivity contribution in [3.05, 3.63) is 24.3 Å². The number of anilines is 1. The van der Waals surface area contributed by atoms with Crippen LogP contribution in [0.4, 0.5) is 5.69 Å². The topological polar surface area (TPSA) is 37.4 Å². The molecule has 0 spiro atoms. The van der Waals surface area contributed by atoms with Crippen molar-refractivity contribution in [3.8, 4) is 0 Å². The average molecular weight is 320 g/mol. The van der Waals surface area contributed by atoms with Gasteiger partial charge in [-0.25, -0.2) is 8.42 Å². The first-order chi connectivity index (χ1) is 8.05. The second kappa shape index (κ2) is 6.40. The van der Waals surface area contributed by atoms with Crippen LogP contribution in [0.2, 0.25) is 0 Å². The van der Waals surface area contributed by atoms with E-state index in [9.17, 15) is 8.42 Å². The summed E-state index contributed by atoms with van der Waals surface area (Å²) < 4.78 is 23.3. The van der Waals surface area contributed by atoms with Crippen molar-refractivity contribution in [1.29, 1.82) is 0 Å². The molecule has 1 rings (SSSR count). The third kappa shape index (κ3) is 3.71. The Morgan fingerprint density at radius 1 is 1.18 bits per heavy atom. The summed E-state index contributed by atoms with van der Waals surface area (Å²) in [6.45, 7) is 5.56. The Hall–Kier alpha value is -0.550. The molecule has 0 aromatic heterocycles. The highest BCUT2D eigenvalue weighted by molar-refractivity contribution is 9.09. The number of hydrogen-bond acceptors (Lipinski definition) is 3. The molecule has 0 unspecified atom stereocenters. The van der Waals surface area contributed by atoms with Crippen LogP contribution in [0.1, 0.15) is 13.8 Å². The second-order valence-corrected chi connectivity index (χ2v) is 6.74. The van der Waals surface area contributed by atoms with Crippen molar-refractivity contribution in [2.45, 2.75) is 18.7 Å². The Morgan fingerprint density at radius 2 is 1.76 bits per heavy atom. The van der Waals surface area contributed by atoms with Gasteiger partial charge in [0.15, 0.2) is 9.84 Å². The van der Waals surface area contributed by atoms with E-state index in [-0.39, 0.29) is 5.75 Å². The van der Waals surface area contributed by atoms with Gasteiger partial charge < -0.3 is 4.90 Å². The van der Waals surface area contributed by atoms with Crippen molar-refractivity contribution in [2.75, 3.05) is 29.1 Å². The molecule has 17 heavy (non-hydrogen) atoms. The number of benzene rings is 1. The first-order valence-electron chi connectivity index (χ1n) is 5.69. The average Bonchev–Trinajstić information content (AvgIpc) is 2.36. The molecule has 0 heterocycles. The van der Waals surface area contributed by atoms with Gasteiger partial charge in [0.25, 0.3) is 0 Å². The van der Waals surface area contributed by atoms with E-state index in [2.05, 4.69) is 27.8 Å². The summed E-state index contributed by atoms with van der Waals surface area (Å²) in [5.74, 6) is 0.144. The van der Waals surface area contributed by atoms with Crippen molar-refractivity contribution in [2.24, 2.45) is 0 Å². The van der Waals surface area contributed by atoms with E-state index < -0.39 is 9.84 Å². The molecule has 5 heteroatoms. The molecule has 0 fully saturated rings. The smallest absolute Gasteiger partial charge is 0.178 e. The molecule has 0 aliphatic carbocycles. The second-order valence-electron chi connectivity index (χ2n) is 3.67. The van der Waals surface area contributed by atoms with Crippen molar-refractivity contribution >= 4 is 31.5 Å². The van der Waals surface area contributed by atoms with E-state index in [1.807, 2.05) is 12.1 Å². The van der Waals surface area contributed by atoms with Crippen LogP contribution in [0.25, 0.3) is 0 Å². The van der Waals surface area contributed by atoms with E-state index in [0.29, 0.717) is 4.90 Å². The molecule has 0 bridgehead atoms. The fourth-order valence-corrected chi connectivity index (χ4v) is 2.91. The van der Waals surface area contributed by atoms with Gasteiger partial charge in [-0.15, -0.1) is 0 Å². The molecule has 1 aromatic rings. The molecular formula is C12H18BrNO2S. The Balaban J connectivity index is 2.95. The van der Waals surface area contributed by atoms with E-state index in [1.54, 1.807) is 19.1 Å². The van der Waals surface area contributed by atoms with Crippen molar-refractivity contribution < 1.29 is 8.42 Å². The van der Waals surface area contributed by atoms with Crippen molar-refractivity contribution in [1.82, 2.24) is 0 Å². The van der Waals surface area contributed by atoms with Gasteiger partial charge in [0.05, 0.1) is 10.6 Å². The van der Waals surface area contributed by atoms with Crippen LogP contribution in [0, 0.1) is 0 Å². The maximum atomic E-state index is 11.7. The lowest BCUT2D eigenvalue weighted by Crippen LogP contribution is -2.24. The normalized spacial score (nSPS) is 11.5. The monoisotopic (exact) mass is 319 g/mol. The first kappa shape index (κ1) is 14.5. The molecule has 0 amide bonds. The maximum absolute atomic E-state index is 11.7. The summed E-state index contributed by atoms with van der Waals surface area (Å²) in [6.07, 6.45) is 0. The highest BCUT2D eigenvalue weighted by Gasteiger charge is 2.11. The number of rotatable bonds is 6. The Labute approximate surface area is 112 Å². The molecule has 3 nitrogen and oxygen atoms in total. The molecular weight excluding hydrogens is 302 g/mol. The van der Waals surface area contributed by atoms with E-state index in [1.165, 1.54) is 0 Å². The van der Waals surface area contributed by atoms with Gasteiger partial charge in [0.2, 0.25) is 0 Å². The Morgan fingerprint density at radius 3 is 2.18 bits per heavy atom. The van der Waals surface area contributed by atoms with E-state index in [4.69, 9.17) is 0 Å². The molecule has 0 aliphatic rings. The van der Waals surface area contributed by atoms with Crippen LogP contribution in [-0.2, 0) is 9.84 Å². The zero-order chi connectivity index (χ0) is 12.9. The zero-order valence-corrected chi connectivity index (χ0v) is 12.6. The highest BCUT2D eigenvalue weighted by atomic mass is 79.9. The van der Waals surface area contributed by atoms with Gasteiger partial charge in [0.1, 0.15) is 0 Å². The first-order valence-corrected chi connectivity index (χ1v) is 8.46. The minimum absolute atomic E-state index is 0.144. The van der Waals surface area contributed by atoms with Crippen LogP contribution in [-0.4, -0.2) is 32.6 Å². The lowest BCUT2D eigenvalue weighted by molar-refractivity contribution is 0.597. The molecule has 0 saturated heterocycles. The quantitative estimate of drug-likeness (QED) is 0.756. The Bertz CT molecular complexity index is 442. The number of alkyl halides is 1. The molecule has 96 valence electrons. The van der Waals surface area contributed by atoms with Crippen LogP contribution in [0.15, 0.2) is 29.2 Å². The summed E-state index contributed by atoms with van der Waals surface area (Å²) in [4.78, 5) is 2.59. The standard InChI is InChI=1S/C12H18BrNO2S/c1-3-14(10-9-13)11-5-7-12(8-6-11)17(15,16)4-2/h5-8H,3-4,9-10H2,1-2H3. The summed E-state index contributed by atoms with van der Waals surface area (Å²) >= 11 is 3.41. The lowest BCUT2D eigenvalue weighted by atomic mass is 10.3. The summed E-state index contributed by atoms with van der Waals surface area (Å²) in [5, 5.41) is 0.899. The summed E-state index contributed by atoms with van der Waals surface area (Å²) in [6, 6.07) is 7.11. The predicted molar refractivity (Wildman–Crippen MR) is 75.8 cm³/mol. The summed E-state index contributed by atoms with van der Waals surface area (Å²) in [7, 11) is -3.09. The number of sulfone groups is 1. The SMILES string of the molecule is CCN(CCBr)c1ccc(S(=O)(=O)CC)cc1. The largest absolute Gasteiger partial charge is 0.371 e. The van der Waals surface area contributed by atoms with Crippen LogP contribution >= 0.6 is 15.9 Å². The van der Waals surface area contributed by atoms with Gasteiger partial charge in [-0.1, -0.05) is 22.9 Å². The Kier molecular flexibility index (Phi) is 5.46. The van der Waals surface area contributed by atoms with Crippen LogP contribution in [0.3, 0.4) is 0 Å². The fourth-order valence-electron chi connectivity index (χ4n) is 1.60. The fraction of sp³-hybridized carbons (Fsp3) is 0.500. The van der Waals surface area contributed by atoms with Gasteiger partial charge in [-0.2, -0.15) is 0 Å². The molecule has 1 aromatic carbocycles. The number of hydrogen-bond donors (Lipinski definition) is 0. The van der Waals surface area contributed by atoms with E-state index in [0.717, 1.165) is 24.1 Å². The van der Waals surface area contributed by atoms with Gasteiger partial charge in [0, 0.05) is 24.1 Å². The molecule has 0 N–H and O–H groups in total. The highest BCUT2D eigenvalue weighted by Crippen LogP contribution is 2.18. The molecule has 0 radical (unpaired) electrons.